The predicted molar refractivity (Wildman–Crippen MR) is 101 cm³/mol. The zero-order valence-electron chi connectivity index (χ0n) is 14.7. The first-order valence-electron chi connectivity index (χ1n) is 8.71. The Kier molecular flexibility index (Phi) is 4.52. The predicted octanol–water partition coefficient (Wildman–Crippen LogP) is 2.25. The number of nitrogens with zero attached hydrogens (tertiary/aromatic N) is 1. The lowest BCUT2D eigenvalue weighted by atomic mass is 10.1. The maximum absolute atomic E-state index is 13.0. The Balaban J connectivity index is 1.55. The van der Waals surface area contributed by atoms with Gasteiger partial charge in [0.05, 0.1) is 6.04 Å². The first-order valence-corrected chi connectivity index (χ1v) is 8.71. The zero-order chi connectivity index (χ0) is 19.7. The lowest BCUT2D eigenvalue weighted by Gasteiger charge is -2.13. The summed E-state index contributed by atoms with van der Waals surface area (Å²) < 4.78 is 13.0. The summed E-state index contributed by atoms with van der Waals surface area (Å²) in [5.41, 5.74) is 1.55. The van der Waals surface area contributed by atoms with Crippen LogP contribution in [0.4, 0.5) is 10.1 Å². The summed E-state index contributed by atoms with van der Waals surface area (Å²) in [6, 6.07) is 13.0. The molecule has 0 fully saturated rings. The maximum atomic E-state index is 13.0. The van der Waals surface area contributed by atoms with E-state index in [1.54, 1.807) is 0 Å². The van der Waals surface area contributed by atoms with Crippen molar-refractivity contribution in [3.05, 3.63) is 87.3 Å². The molecule has 1 unspecified atom stereocenters. The van der Waals surface area contributed by atoms with Crippen molar-refractivity contribution in [2.75, 3.05) is 5.32 Å². The zero-order valence-corrected chi connectivity index (χ0v) is 14.7. The van der Waals surface area contributed by atoms with Gasteiger partial charge in [-0.3, -0.25) is 9.59 Å². The number of benzene rings is 2. The van der Waals surface area contributed by atoms with E-state index in [1.165, 1.54) is 24.3 Å². The normalized spacial score (nSPS) is 15.0. The number of aromatic amines is 1. The third-order valence-corrected chi connectivity index (χ3v) is 4.60. The second kappa shape index (κ2) is 7.15. The topological polar surface area (TPSA) is 107 Å². The Labute approximate surface area is 159 Å². The first kappa shape index (κ1) is 17.7. The summed E-state index contributed by atoms with van der Waals surface area (Å²) in [7, 11) is 0. The van der Waals surface area contributed by atoms with Crippen LogP contribution in [0.15, 0.2) is 53.3 Å². The molecular weight excluding hydrogens is 363 g/mol. The summed E-state index contributed by atoms with van der Waals surface area (Å²) in [5, 5.41) is 15.8. The average Bonchev–Trinajstić information content (AvgIpc) is 3.13. The summed E-state index contributed by atoms with van der Waals surface area (Å²) >= 11 is 0. The molecule has 8 heteroatoms. The van der Waals surface area contributed by atoms with Crippen molar-refractivity contribution >= 4 is 11.6 Å². The number of H-pyrrole nitrogens is 1. The number of anilines is 1. The van der Waals surface area contributed by atoms with Crippen molar-refractivity contribution in [3.63, 3.8) is 0 Å². The molecule has 0 saturated carbocycles. The molecular formula is C20H17FN4O3. The molecule has 1 aromatic heterocycles. The third kappa shape index (κ3) is 3.44. The van der Waals surface area contributed by atoms with Gasteiger partial charge in [0.25, 0.3) is 11.5 Å². The molecule has 1 aliphatic rings. The van der Waals surface area contributed by atoms with Crippen LogP contribution in [0.25, 0.3) is 0 Å². The number of hydrogen-bond donors (Lipinski definition) is 4. The van der Waals surface area contributed by atoms with E-state index in [-0.39, 0.29) is 29.9 Å². The Hall–Kier alpha value is -3.68. The summed E-state index contributed by atoms with van der Waals surface area (Å²) in [4.78, 5) is 31.3. The highest BCUT2D eigenvalue weighted by molar-refractivity contribution is 5.94. The molecule has 0 aliphatic carbocycles. The molecule has 1 amide bonds. The van der Waals surface area contributed by atoms with E-state index in [2.05, 4.69) is 20.6 Å². The molecule has 0 bridgehead atoms. The van der Waals surface area contributed by atoms with Crippen LogP contribution in [-0.2, 0) is 13.0 Å². The van der Waals surface area contributed by atoms with Crippen LogP contribution >= 0.6 is 0 Å². The second-order valence-electron chi connectivity index (χ2n) is 6.52. The monoisotopic (exact) mass is 380 g/mol. The molecule has 3 aromatic rings. The van der Waals surface area contributed by atoms with Gasteiger partial charge in [-0.15, -0.1) is 0 Å². The summed E-state index contributed by atoms with van der Waals surface area (Å²) in [6.07, 6.45) is 0.598. The molecule has 7 nitrogen and oxygen atoms in total. The lowest BCUT2D eigenvalue weighted by Crippen LogP contribution is -2.28. The SMILES string of the molecule is O=C(NCc1ccc(F)cc1)c1nc(C2Cc3ccccc3N2)[nH]c(=O)c1O. The Morgan fingerprint density at radius 2 is 1.96 bits per heavy atom. The van der Waals surface area contributed by atoms with E-state index in [9.17, 15) is 19.1 Å². The van der Waals surface area contributed by atoms with Gasteiger partial charge in [0, 0.05) is 18.7 Å². The first-order chi connectivity index (χ1) is 13.5. The van der Waals surface area contributed by atoms with Crippen molar-refractivity contribution in [3.8, 4) is 5.75 Å². The average molecular weight is 380 g/mol. The minimum atomic E-state index is -0.783. The van der Waals surface area contributed by atoms with Gasteiger partial charge in [-0.1, -0.05) is 30.3 Å². The summed E-state index contributed by atoms with van der Waals surface area (Å²) in [5.74, 6) is -1.54. The smallest absolute Gasteiger partial charge is 0.294 e. The number of aromatic hydroxyl groups is 1. The molecule has 142 valence electrons. The van der Waals surface area contributed by atoms with E-state index in [4.69, 9.17) is 0 Å². The van der Waals surface area contributed by atoms with E-state index in [0.717, 1.165) is 11.3 Å². The van der Waals surface area contributed by atoms with Gasteiger partial charge in [0.2, 0.25) is 5.75 Å². The largest absolute Gasteiger partial charge is 0.501 e. The van der Waals surface area contributed by atoms with Gasteiger partial charge in [-0.25, -0.2) is 9.37 Å². The van der Waals surface area contributed by atoms with Gasteiger partial charge < -0.3 is 20.7 Å². The van der Waals surface area contributed by atoms with Gasteiger partial charge in [0.15, 0.2) is 5.69 Å². The van der Waals surface area contributed by atoms with Gasteiger partial charge in [-0.2, -0.15) is 0 Å². The number of para-hydroxylation sites is 1. The lowest BCUT2D eigenvalue weighted by molar-refractivity contribution is 0.0942. The van der Waals surface area contributed by atoms with Crippen LogP contribution in [0.1, 0.15) is 33.5 Å². The highest BCUT2D eigenvalue weighted by Crippen LogP contribution is 2.32. The van der Waals surface area contributed by atoms with Crippen LogP contribution < -0.4 is 16.2 Å². The highest BCUT2D eigenvalue weighted by Gasteiger charge is 2.26. The number of hydrogen-bond acceptors (Lipinski definition) is 5. The molecule has 1 aliphatic heterocycles. The van der Waals surface area contributed by atoms with Crippen LogP contribution in [0, 0.1) is 5.82 Å². The van der Waals surface area contributed by atoms with E-state index in [1.807, 2.05) is 24.3 Å². The number of carbonyl (C=O) groups is 1. The Morgan fingerprint density at radius 3 is 2.71 bits per heavy atom. The number of aromatic nitrogens is 2. The number of carbonyl (C=O) groups excluding carboxylic acids is 1. The maximum Gasteiger partial charge on any atom is 0.294 e. The van der Waals surface area contributed by atoms with E-state index < -0.39 is 17.2 Å². The number of rotatable bonds is 4. The number of amides is 1. The molecule has 0 spiro atoms. The number of nitrogens with one attached hydrogen (secondary N) is 3. The molecule has 1 atom stereocenters. The van der Waals surface area contributed by atoms with Crippen molar-refractivity contribution in [2.45, 2.75) is 19.0 Å². The standard InChI is InChI=1S/C20H17FN4O3/c21-13-7-5-11(6-8-13)10-22-19(27)16-17(26)20(28)25-18(24-16)15-9-12-3-1-2-4-14(12)23-15/h1-8,15,23,26H,9-10H2,(H,22,27)(H,24,25,28). The molecule has 2 heterocycles. The second-order valence-corrected chi connectivity index (χ2v) is 6.52. The fraction of sp³-hybridized carbons (Fsp3) is 0.150. The number of halogens is 1. The van der Waals surface area contributed by atoms with E-state index in [0.29, 0.717) is 12.0 Å². The molecule has 4 rings (SSSR count). The fourth-order valence-corrected chi connectivity index (χ4v) is 3.14. The Morgan fingerprint density at radius 1 is 1.21 bits per heavy atom. The van der Waals surface area contributed by atoms with Gasteiger partial charge in [-0.05, 0) is 29.3 Å². The van der Waals surface area contributed by atoms with Gasteiger partial charge >= 0.3 is 0 Å². The van der Waals surface area contributed by atoms with Crippen LogP contribution in [-0.4, -0.2) is 21.0 Å². The van der Waals surface area contributed by atoms with Crippen LogP contribution in [0.2, 0.25) is 0 Å². The molecule has 0 saturated heterocycles. The minimum absolute atomic E-state index is 0.107. The quantitative estimate of drug-likeness (QED) is 0.555. The molecule has 0 radical (unpaired) electrons. The third-order valence-electron chi connectivity index (χ3n) is 4.60. The highest BCUT2D eigenvalue weighted by atomic mass is 19.1. The fourth-order valence-electron chi connectivity index (χ4n) is 3.14. The van der Waals surface area contributed by atoms with Crippen LogP contribution in [0.5, 0.6) is 5.75 Å². The van der Waals surface area contributed by atoms with Crippen molar-refractivity contribution in [1.29, 1.82) is 0 Å². The number of fused-ring (bicyclic) bond motifs is 1. The minimum Gasteiger partial charge on any atom is -0.501 e. The van der Waals surface area contributed by atoms with E-state index >= 15 is 0 Å². The van der Waals surface area contributed by atoms with Crippen molar-refractivity contribution in [2.24, 2.45) is 0 Å². The molecule has 28 heavy (non-hydrogen) atoms. The molecule has 2 aromatic carbocycles. The van der Waals surface area contributed by atoms with Gasteiger partial charge in [0.1, 0.15) is 11.6 Å². The van der Waals surface area contributed by atoms with Crippen LogP contribution in [0.3, 0.4) is 0 Å². The van der Waals surface area contributed by atoms with Crippen molar-refractivity contribution in [1.82, 2.24) is 15.3 Å². The Bertz CT molecular complexity index is 1070. The molecule has 4 N–H and O–H groups in total. The van der Waals surface area contributed by atoms with Crippen molar-refractivity contribution < 1.29 is 14.3 Å². The summed E-state index contributed by atoms with van der Waals surface area (Å²) in [6.45, 7) is 0.107.